The summed E-state index contributed by atoms with van der Waals surface area (Å²) in [4.78, 5) is 12.3. The lowest BCUT2D eigenvalue weighted by molar-refractivity contribution is -0.124. The van der Waals surface area contributed by atoms with E-state index in [-0.39, 0.29) is 17.9 Å². The van der Waals surface area contributed by atoms with Gasteiger partial charge in [-0.25, -0.2) is 0 Å². The van der Waals surface area contributed by atoms with Crippen LogP contribution in [0.25, 0.3) is 0 Å². The molecule has 110 valence electrons. The Morgan fingerprint density at radius 2 is 2.25 bits per heavy atom. The summed E-state index contributed by atoms with van der Waals surface area (Å²) in [6.45, 7) is 4.75. The lowest BCUT2D eigenvalue weighted by Gasteiger charge is -2.23. The van der Waals surface area contributed by atoms with E-state index in [1.165, 1.54) is 0 Å². The van der Waals surface area contributed by atoms with Gasteiger partial charge >= 0.3 is 0 Å². The first-order valence-electron chi connectivity index (χ1n) is 7.41. The maximum atomic E-state index is 12.3. The highest BCUT2D eigenvalue weighted by atomic mass is 16.5. The highest BCUT2D eigenvalue weighted by Crippen LogP contribution is 2.31. The number of carbonyl (C=O) groups is 1. The van der Waals surface area contributed by atoms with Crippen LogP contribution in [0.3, 0.4) is 0 Å². The number of hydrogen-bond donors (Lipinski definition) is 2. The van der Waals surface area contributed by atoms with E-state index in [0.29, 0.717) is 6.61 Å². The van der Waals surface area contributed by atoms with Crippen LogP contribution in [0.4, 0.5) is 0 Å². The molecule has 1 amide bonds. The molecule has 1 heterocycles. The van der Waals surface area contributed by atoms with Gasteiger partial charge in [0.25, 0.3) is 0 Å². The monoisotopic (exact) mass is 276 g/mol. The highest BCUT2D eigenvalue weighted by Gasteiger charge is 2.25. The molecular formula is C16H24N2O2. The molecule has 1 aliphatic heterocycles. The van der Waals surface area contributed by atoms with Crippen LogP contribution in [0, 0.1) is 5.92 Å². The Morgan fingerprint density at radius 3 is 3.00 bits per heavy atom. The van der Waals surface area contributed by atoms with Crippen molar-refractivity contribution in [2.45, 2.75) is 45.2 Å². The summed E-state index contributed by atoms with van der Waals surface area (Å²) in [5, 5.41) is 3.09. The third kappa shape index (κ3) is 3.31. The molecule has 0 saturated carbocycles. The third-order valence-electron chi connectivity index (χ3n) is 4.07. The van der Waals surface area contributed by atoms with Gasteiger partial charge in [-0.1, -0.05) is 38.5 Å². The SMILES string of the molecule is CCC(C)[C@H](N)C(=O)NC1CCCOc2ccccc21. The Bertz CT molecular complexity index is 462. The van der Waals surface area contributed by atoms with Crippen LogP contribution < -0.4 is 15.8 Å². The zero-order valence-corrected chi connectivity index (χ0v) is 12.3. The minimum absolute atomic E-state index is 0.00342. The first-order chi connectivity index (χ1) is 9.63. The van der Waals surface area contributed by atoms with Crippen molar-refractivity contribution in [3.05, 3.63) is 29.8 Å². The summed E-state index contributed by atoms with van der Waals surface area (Å²) in [6.07, 6.45) is 2.72. The van der Waals surface area contributed by atoms with Gasteiger partial charge in [0.2, 0.25) is 5.91 Å². The number of carbonyl (C=O) groups excluding carboxylic acids is 1. The lowest BCUT2D eigenvalue weighted by Crippen LogP contribution is -2.45. The summed E-state index contributed by atoms with van der Waals surface area (Å²) in [5.41, 5.74) is 7.05. The zero-order chi connectivity index (χ0) is 14.5. The van der Waals surface area contributed by atoms with E-state index < -0.39 is 6.04 Å². The second-order valence-electron chi connectivity index (χ2n) is 5.50. The molecule has 0 saturated heterocycles. The number of hydrogen-bond acceptors (Lipinski definition) is 3. The number of rotatable bonds is 4. The van der Waals surface area contributed by atoms with Gasteiger partial charge in [-0.05, 0) is 24.8 Å². The van der Waals surface area contributed by atoms with E-state index >= 15 is 0 Å². The van der Waals surface area contributed by atoms with Crippen molar-refractivity contribution in [3.63, 3.8) is 0 Å². The van der Waals surface area contributed by atoms with Gasteiger partial charge in [-0.2, -0.15) is 0 Å². The fourth-order valence-corrected chi connectivity index (χ4v) is 2.46. The van der Waals surface area contributed by atoms with Crippen molar-refractivity contribution in [2.75, 3.05) is 6.61 Å². The largest absolute Gasteiger partial charge is 0.493 e. The van der Waals surface area contributed by atoms with Crippen molar-refractivity contribution in [1.29, 1.82) is 0 Å². The highest BCUT2D eigenvalue weighted by molar-refractivity contribution is 5.82. The van der Waals surface area contributed by atoms with E-state index in [2.05, 4.69) is 5.32 Å². The van der Waals surface area contributed by atoms with E-state index in [1.807, 2.05) is 38.1 Å². The van der Waals surface area contributed by atoms with Crippen molar-refractivity contribution in [2.24, 2.45) is 11.7 Å². The molecule has 4 heteroatoms. The maximum Gasteiger partial charge on any atom is 0.237 e. The molecule has 1 aromatic carbocycles. The molecule has 1 aromatic rings. The molecular weight excluding hydrogens is 252 g/mol. The Labute approximate surface area is 120 Å². The maximum absolute atomic E-state index is 12.3. The summed E-state index contributed by atoms with van der Waals surface area (Å²) >= 11 is 0. The smallest absolute Gasteiger partial charge is 0.237 e. The Balaban J connectivity index is 2.11. The molecule has 0 spiro atoms. The number of ether oxygens (including phenoxy) is 1. The fourth-order valence-electron chi connectivity index (χ4n) is 2.46. The standard InChI is InChI=1S/C16H24N2O2/c1-3-11(2)15(17)16(19)18-13-8-6-10-20-14-9-5-4-7-12(13)14/h4-5,7,9,11,13,15H,3,6,8,10,17H2,1-2H3,(H,18,19)/t11?,13?,15-/m0/s1. The number of fused-ring (bicyclic) bond motifs is 1. The molecule has 0 aromatic heterocycles. The van der Waals surface area contributed by atoms with Crippen molar-refractivity contribution in [1.82, 2.24) is 5.32 Å². The predicted molar refractivity (Wildman–Crippen MR) is 79.5 cm³/mol. The van der Waals surface area contributed by atoms with Gasteiger partial charge in [-0.15, -0.1) is 0 Å². The van der Waals surface area contributed by atoms with E-state index in [9.17, 15) is 4.79 Å². The number of benzene rings is 1. The number of amides is 1. The Morgan fingerprint density at radius 1 is 1.50 bits per heavy atom. The molecule has 0 radical (unpaired) electrons. The minimum Gasteiger partial charge on any atom is -0.493 e. The normalized spacial score (nSPS) is 21.1. The van der Waals surface area contributed by atoms with Gasteiger partial charge < -0.3 is 15.8 Å². The van der Waals surface area contributed by atoms with Crippen LogP contribution in [0.5, 0.6) is 5.75 Å². The van der Waals surface area contributed by atoms with Crippen LogP contribution >= 0.6 is 0 Å². The molecule has 2 unspecified atom stereocenters. The molecule has 1 aliphatic rings. The van der Waals surface area contributed by atoms with Crippen LogP contribution in [0.1, 0.15) is 44.7 Å². The van der Waals surface area contributed by atoms with Crippen LogP contribution in [0.2, 0.25) is 0 Å². The first kappa shape index (κ1) is 14.9. The molecule has 3 N–H and O–H groups in total. The molecule has 4 nitrogen and oxygen atoms in total. The third-order valence-corrected chi connectivity index (χ3v) is 4.07. The average Bonchev–Trinajstić information content (AvgIpc) is 2.68. The first-order valence-corrected chi connectivity index (χ1v) is 7.41. The Kier molecular flexibility index (Phi) is 5.01. The summed E-state index contributed by atoms with van der Waals surface area (Å²) < 4.78 is 5.71. The Hall–Kier alpha value is -1.55. The molecule has 0 fully saturated rings. The van der Waals surface area contributed by atoms with Crippen molar-refractivity contribution >= 4 is 5.91 Å². The second-order valence-corrected chi connectivity index (χ2v) is 5.50. The molecule has 20 heavy (non-hydrogen) atoms. The van der Waals surface area contributed by atoms with Gasteiger partial charge in [0, 0.05) is 5.56 Å². The number of nitrogens with one attached hydrogen (secondary N) is 1. The summed E-state index contributed by atoms with van der Waals surface area (Å²) in [6, 6.07) is 7.44. The predicted octanol–water partition coefficient (Wildman–Crippen LogP) is 2.39. The molecule has 3 atom stereocenters. The van der Waals surface area contributed by atoms with Gasteiger partial charge in [0.15, 0.2) is 0 Å². The van der Waals surface area contributed by atoms with Crippen molar-refractivity contribution in [3.8, 4) is 5.75 Å². The van der Waals surface area contributed by atoms with E-state index in [0.717, 1.165) is 30.6 Å². The topological polar surface area (TPSA) is 64.4 Å². The number of para-hydroxylation sites is 1. The number of nitrogens with two attached hydrogens (primary N) is 1. The van der Waals surface area contributed by atoms with Gasteiger partial charge in [0.1, 0.15) is 5.75 Å². The lowest BCUT2D eigenvalue weighted by atomic mass is 9.97. The molecule has 2 rings (SSSR count). The van der Waals surface area contributed by atoms with Crippen LogP contribution in [0.15, 0.2) is 24.3 Å². The van der Waals surface area contributed by atoms with Crippen LogP contribution in [-0.2, 0) is 4.79 Å². The summed E-state index contributed by atoms with van der Waals surface area (Å²) in [5.74, 6) is 0.987. The quantitative estimate of drug-likeness (QED) is 0.887. The zero-order valence-electron chi connectivity index (χ0n) is 12.3. The van der Waals surface area contributed by atoms with Crippen LogP contribution in [-0.4, -0.2) is 18.6 Å². The van der Waals surface area contributed by atoms with Gasteiger partial charge in [0.05, 0.1) is 18.7 Å². The fraction of sp³-hybridized carbons (Fsp3) is 0.562. The average molecular weight is 276 g/mol. The van der Waals surface area contributed by atoms with Crippen molar-refractivity contribution < 1.29 is 9.53 Å². The summed E-state index contributed by atoms with van der Waals surface area (Å²) in [7, 11) is 0. The second kappa shape index (κ2) is 6.75. The molecule has 0 aliphatic carbocycles. The van der Waals surface area contributed by atoms with E-state index in [4.69, 9.17) is 10.5 Å². The van der Waals surface area contributed by atoms with Gasteiger partial charge in [-0.3, -0.25) is 4.79 Å². The molecule has 0 bridgehead atoms. The van der Waals surface area contributed by atoms with E-state index in [1.54, 1.807) is 0 Å². The minimum atomic E-state index is -0.448.